The summed E-state index contributed by atoms with van der Waals surface area (Å²) in [6, 6.07) is 4.93. The number of benzene rings is 1. The Balaban J connectivity index is 2.63. The van der Waals surface area contributed by atoms with Crippen LogP contribution in [0, 0.1) is 5.82 Å². The molecule has 0 aliphatic rings. The van der Waals surface area contributed by atoms with Crippen LogP contribution < -0.4 is 0 Å². The molecule has 0 bridgehead atoms. The zero-order valence-corrected chi connectivity index (χ0v) is 12.6. The van der Waals surface area contributed by atoms with Crippen molar-refractivity contribution in [2.24, 2.45) is 0 Å². The fourth-order valence-electron chi connectivity index (χ4n) is 1.80. The van der Waals surface area contributed by atoms with E-state index in [2.05, 4.69) is 9.72 Å². The van der Waals surface area contributed by atoms with Crippen molar-refractivity contribution in [3.63, 3.8) is 0 Å². The number of halogens is 5. The molecule has 3 nitrogen and oxygen atoms in total. The van der Waals surface area contributed by atoms with Gasteiger partial charge in [-0.05, 0) is 24.3 Å². The van der Waals surface area contributed by atoms with E-state index in [4.69, 9.17) is 23.2 Å². The van der Waals surface area contributed by atoms with E-state index in [0.717, 1.165) is 13.2 Å². The molecule has 0 fully saturated rings. The second-order valence-electron chi connectivity index (χ2n) is 4.14. The first-order chi connectivity index (χ1) is 10.4. The van der Waals surface area contributed by atoms with Gasteiger partial charge in [0.1, 0.15) is 5.82 Å². The van der Waals surface area contributed by atoms with Crippen molar-refractivity contribution in [1.82, 2.24) is 4.98 Å². The standard InChI is InChI=1S/C14H8Cl2F3NO2/c1-22-14(21)12-8(16)4-5-9(20-12)6-2-3-7(15)10(11(6)17)13(18)19/h2-5,13H,1H3. The number of methoxy groups -OCH3 is 1. The first-order valence-corrected chi connectivity index (χ1v) is 6.63. The SMILES string of the molecule is COC(=O)c1nc(-c2ccc(Cl)c(C(F)F)c2F)ccc1Cl. The third-order valence-corrected chi connectivity index (χ3v) is 3.48. The molecule has 0 spiro atoms. The van der Waals surface area contributed by atoms with Crippen molar-refractivity contribution in [2.45, 2.75) is 6.43 Å². The van der Waals surface area contributed by atoms with Crippen molar-refractivity contribution < 1.29 is 22.7 Å². The molecule has 0 unspecified atom stereocenters. The van der Waals surface area contributed by atoms with E-state index in [9.17, 15) is 18.0 Å². The summed E-state index contributed by atoms with van der Waals surface area (Å²) >= 11 is 11.4. The highest BCUT2D eigenvalue weighted by atomic mass is 35.5. The molecule has 1 aromatic heterocycles. The van der Waals surface area contributed by atoms with E-state index in [-0.39, 0.29) is 22.0 Å². The number of esters is 1. The number of pyridine rings is 1. The summed E-state index contributed by atoms with van der Waals surface area (Å²) in [7, 11) is 1.13. The third kappa shape index (κ3) is 3.03. The highest BCUT2D eigenvalue weighted by Crippen LogP contribution is 2.35. The molecule has 0 aliphatic carbocycles. The first kappa shape index (κ1) is 16.6. The smallest absolute Gasteiger partial charge is 0.358 e. The van der Waals surface area contributed by atoms with Crippen LogP contribution in [0.1, 0.15) is 22.5 Å². The van der Waals surface area contributed by atoms with Gasteiger partial charge < -0.3 is 4.74 Å². The van der Waals surface area contributed by atoms with Crippen molar-refractivity contribution in [3.8, 4) is 11.3 Å². The van der Waals surface area contributed by atoms with Gasteiger partial charge in [0.25, 0.3) is 6.43 Å². The van der Waals surface area contributed by atoms with Gasteiger partial charge in [-0.15, -0.1) is 0 Å². The largest absolute Gasteiger partial charge is 0.464 e. The summed E-state index contributed by atoms with van der Waals surface area (Å²) in [5, 5.41) is -0.391. The van der Waals surface area contributed by atoms with Gasteiger partial charge in [0.2, 0.25) is 0 Å². The first-order valence-electron chi connectivity index (χ1n) is 5.88. The predicted molar refractivity (Wildman–Crippen MR) is 75.9 cm³/mol. The Labute approximate surface area is 133 Å². The molecule has 0 N–H and O–H groups in total. The van der Waals surface area contributed by atoms with Crippen LogP contribution in [0.2, 0.25) is 10.0 Å². The molecule has 0 saturated carbocycles. The van der Waals surface area contributed by atoms with Crippen LogP contribution in [-0.2, 0) is 4.74 Å². The number of alkyl halides is 2. The van der Waals surface area contributed by atoms with Crippen molar-refractivity contribution in [2.75, 3.05) is 7.11 Å². The van der Waals surface area contributed by atoms with Crippen molar-refractivity contribution >= 4 is 29.2 Å². The Hall–Kier alpha value is -1.79. The molecule has 2 aromatic rings. The lowest BCUT2D eigenvalue weighted by molar-refractivity contribution is 0.0594. The average Bonchev–Trinajstić information content (AvgIpc) is 2.47. The van der Waals surface area contributed by atoms with Gasteiger partial charge >= 0.3 is 5.97 Å². The van der Waals surface area contributed by atoms with E-state index < -0.39 is 28.8 Å². The number of nitrogens with zero attached hydrogens (tertiary/aromatic N) is 1. The Morgan fingerprint density at radius 3 is 2.41 bits per heavy atom. The van der Waals surface area contributed by atoms with Crippen LogP contribution in [0.15, 0.2) is 24.3 Å². The summed E-state index contributed by atoms with van der Waals surface area (Å²) in [6.45, 7) is 0. The number of hydrogen-bond donors (Lipinski definition) is 0. The van der Waals surface area contributed by atoms with Gasteiger partial charge in [0.05, 0.1) is 28.4 Å². The average molecular weight is 350 g/mol. The van der Waals surface area contributed by atoms with Crippen LogP contribution in [-0.4, -0.2) is 18.1 Å². The van der Waals surface area contributed by atoms with Gasteiger partial charge in [-0.2, -0.15) is 0 Å². The van der Waals surface area contributed by atoms with Crippen LogP contribution >= 0.6 is 23.2 Å². The molecular weight excluding hydrogens is 342 g/mol. The minimum absolute atomic E-state index is 0.000875. The second kappa shape index (κ2) is 6.54. The Kier molecular flexibility index (Phi) is 4.93. The number of hydrogen-bond acceptors (Lipinski definition) is 3. The molecule has 2 rings (SSSR count). The number of carbonyl (C=O) groups is 1. The van der Waals surface area contributed by atoms with E-state index in [1.807, 2.05) is 0 Å². The fraction of sp³-hybridized carbons (Fsp3) is 0.143. The van der Waals surface area contributed by atoms with E-state index in [0.29, 0.717) is 0 Å². The number of aromatic nitrogens is 1. The van der Waals surface area contributed by atoms with Gasteiger partial charge in [-0.3, -0.25) is 0 Å². The number of ether oxygens (including phenoxy) is 1. The summed E-state index contributed by atoms with van der Waals surface area (Å²) in [5.41, 5.74) is -1.42. The monoisotopic (exact) mass is 349 g/mol. The molecule has 8 heteroatoms. The maximum absolute atomic E-state index is 14.2. The Morgan fingerprint density at radius 1 is 1.18 bits per heavy atom. The quantitative estimate of drug-likeness (QED) is 0.738. The van der Waals surface area contributed by atoms with Gasteiger partial charge in [-0.1, -0.05) is 23.2 Å². The highest BCUT2D eigenvalue weighted by molar-refractivity contribution is 6.33. The van der Waals surface area contributed by atoms with Gasteiger partial charge in [0.15, 0.2) is 5.69 Å². The number of rotatable bonds is 3. The molecule has 22 heavy (non-hydrogen) atoms. The summed E-state index contributed by atoms with van der Waals surface area (Å²) < 4.78 is 44.5. The topological polar surface area (TPSA) is 39.2 Å². The minimum atomic E-state index is -3.08. The van der Waals surface area contributed by atoms with Crippen molar-refractivity contribution in [1.29, 1.82) is 0 Å². The van der Waals surface area contributed by atoms with Crippen LogP contribution in [0.25, 0.3) is 11.3 Å². The molecule has 0 saturated heterocycles. The lowest BCUT2D eigenvalue weighted by Crippen LogP contribution is -2.06. The second-order valence-corrected chi connectivity index (χ2v) is 4.96. The molecular formula is C14H8Cl2F3NO2. The molecule has 0 radical (unpaired) electrons. The fourth-order valence-corrected chi connectivity index (χ4v) is 2.21. The zero-order valence-electron chi connectivity index (χ0n) is 11.0. The minimum Gasteiger partial charge on any atom is -0.464 e. The highest BCUT2D eigenvalue weighted by Gasteiger charge is 2.23. The molecule has 1 heterocycles. The number of carbonyl (C=O) groups excluding carboxylic acids is 1. The van der Waals surface area contributed by atoms with Crippen LogP contribution in [0.4, 0.5) is 13.2 Å². The lowest BCUT2D eigenvalue weighted by Gasteiger charge is -2.10. The van der Waals surface area contributed by atoms with Gasteiger partial charge in [-0.25, -0.2) is 22.9 Å². The van der Waals surface area contributed by atoms with Crippen molar-refractivity contribution in [3.05, 3.63) is 51.4 Å². The molecule has 116 valence electrons. The van der Waals surface area contributed by atoms with E-state index >= 15 is 0 Å². The predicted octanol–water partition coefficient (Wildman–Crippen LogP) is 4.92. The summed E-state index contributed by atoms with van der Waals surface area (Å²) in [5.74, 6) is -2.02. The zero-order chi connectivity index (χ0) is 16.4. The Bertz CT molecular complexity index is 738. The maximum Gasteiger partial charge on any atom is 0.358 e. The van der Waals surface area contributed by atoms with Gasteiger partial charge in [0, 0.05) is 5.56 Å². The Morgan fingerprint density at radius 2 is 1.82 bits per heavy atom. The maximum atomic E-state index is 14.2. The third-order valence-electron chi connectivity index (χ3n) is 2.85. The molecule has 0 atom stereocenters. The summed E-state index contributed by atoms with van der Waals surface area (Å²) in [4.78, 5) is 15.4. The lowest BCUT2D eigenvalue weighted by atomic mass is 10.1. The molecule has 0 amide bonds. The summed E-state index contributed by atoms with van der Waals surface area (Å²) in [6.07, 6.45) is -3.08. The molecule has 0 aliphatic heterocycles. The van der Waals surface area contributed by atoms with E-state index in [1.165, 1.54) is 18.2 Å². The normalized spacial score (nSPS) is 10.9. The molecule has 1 aromatic carbocycles. The van der Waals surface area contributed by atoms with Crippen LogP contribution in [0.3, 0.4) is 0 Å². The van der Waals surface area contributed by atoms with Crippen LogP contribution in [0.5, 0.6) is 0 Å². The van der Waals surface area contributed by atoms with E-state index in [1.54, 1.807) is 0 Å².